The lowest BCUT2D eigenvalue weighted by Crippen LogP contribution is -2.54. The average molecular weight is 262 g/mol. The number of carbonyl (C=O) groups is 2. The Labute approximate surface area is 112 Å². The van der Waals surface area contributed by atoms with Crippen LogP contribution in [0.15, 0.2) is 43.0 Å². The molecule has 102 valence electrons. The highest BCUT2D eigenvalue weighted by Gasteiger charge is 2.36. The van der Waals surface area contributed by atoms with Gasteiger partial charge >= 0.3 is 12.0 Å². The fraction of sp³-hybridized carbons (Fsp3) is 0.286. The number of amides is 2. The van der Waals surface area contributed by atoms with Gasteiger partial charge in [-0.25, -0.2) is 9.59 Å². The molecule has 0 saturated heterocycles. The predicted molar refractivity (Wildman–Crippen MR) is 72.8 cm³/mol. The van der Waals surface area contributed by atoms with Crippen LogP contribution in [-0.4, -0.2) is 23.1 Å². The van der Waals surface area contributed by atoms with Crippen LogP contribution >= 0.6 is 0 Å². The van der Waals surface area contributed by atoms with Gasteiger partial charge < -0.3 is 15.7 Å². The van der Waals surface area contributed by atoms with Crippen molar-refractivity contribution in [3.05, 3.63) is 48.6 Å². The van der Waals surface area contributed by atoms with E-state index in [1.165, 1.54) is 6.92 Å². The summed E-state index contributed by atoms with van der Waals surface area (Å²) in [6.07, 6.45) is 1.56. The van der Waals surface area contributed by atoms with Crippen molar-refractivity contribution in [2.45, 2.75) is 25.4 Å². The lowest BCUT2D eigenvalue weighted by atomic mass is 9.92. The third-order valence-corrected chi connectivity index (χ3v) is 2.85. The number of aliphatic carboxylic acids is 1. The van der Waals surface area contributed by atoms with Gasteiger partial charge in [-0.15, -0.1) is 6.58 Å². The molecule has 0 aliphatic carbocycles. The van der Waals surface area contributed by atoms with E-state index in [1.807, 2.05) is 0 Å². The maximum atomic E-state index is 11.8. The molecule has 1 rings (SSSR count). The molecule has 0 heterocycles. The Morgan fingerprint density at radius 3 is 2.42 bits per heavy atom. The summed E-state index contributed by atoms with van der Waals surface area (Å²) in [5.41, 5.74) is -0.976. The molecule has 19 heavy (non-hydrogen) atoms. The Morgan fingerprint density at radius 1 is 1.37 bits per heavy atom. The Balaban J connectivity index is 2.93. The van der Waals surface area contributed by atoms with Crippen molar-refractivity contribution in [2.75, 3.05) is 0 Å². The van der Waals surface area contributed by atoms with E-state index in [0.29, 0.717) is 5.56 Å². The van der Waals surface area contributed by atoms with Crippen LogP contribution in [0, 0.1) is 0 Å². The number of carboxylic acids is 1. The lowest BCUT2D eigenvalue weighted by molar-refractivity contribution is -0.144. The molecule has 0 aliphatic rings. The zero-order valence-corrected chi connectivity index (χ0v) is 11.0. The molecule has 1 aromatic rings. The minimum atomic E-state index is -1.48. The molecule has 0 spiro atoms. The van der Waals surface area contributed by atoms with E-state index in [2.05, 4.69) is 17.2 Å². The van der Waals surface area contributed by atoms with Crippen LogP contribution < -0.4 is 10.6 Å². The van der Waals surface area contributed by atoms with E-state index in [9.17, 15) is 14.7 Å². The summed E-state index contributed by atoms with van der Waals surface area (Å²) in [5.74, 6) is -1.12. The van der Waals surface area contributed by atoms with Crippen LogP contribution in [0.4, 0.5) is 4.79 Å². The summed E-state index contributed by atoms with van der Waals surface area (Å²) < 4.78 is 0. The van der Waals surface area contributed by atoms with Gasteiger partial charge in [0, 0.05) is 6.04 Å². The minimum absolute atomic E-state index is 0.242. The Hall–Kier alpha value is -2.30. The Bertz CT molecular complexity index is 473. The van der Waals surface area contributed by atoms with Gasteiger partial charge in [0.1, 0.15) is 0 Å². The van der Waals surface area contributed by atoms with Gasteiger partial charge in [0.15, 0.2) is 5.54 Å². The SMILES string of the molecule is C=CC(C)NC(=O)NC(C)(C(=O)O)c1ccccc1. The molecule has 3 N–H and O–H groups in total. The first-order valence-corrected chi connectivity index (χ1v) is 5.90. The number of carboxylic acid groups (broad SMARTS) is 1. The van der Waals surface area contributed by atoms with Crippen molar-refractivity contribution >= 4 is 12.0 Å². The summed E-state index contributed by atoms with van der Waals surface area (Å²) >= 11 is 0. The molecule has 1 aromatic carbocycles. The highest BCUT2D eigenvalue weighted by atomic mass is 16.4. The summed E-state index contributed by atoms with van der Waals surface area (Å²) in [6, 6.07) is 7.75. The molecule has 5 nitrogen and oxygen atoms in total. The molecule has 0 bridgehead atoms. The molecule has 0 saturated carbocycles. The summed E-state index contributed by atoms with van der Waals surface area (Å²) in [7, 11) is 0. The molecule has 0 radical (unpaired) electrons. The Morgan fingerprint density at radius 2 is 1.95 bits per heavy atom. The summed E-state index contributed by atoms with van der Waals surface area (Å²) in [4.78, 5) is 23.2. The molecule has 0 fully saturated rings. The molecule has 2 unspecified atom stereocenters. The molecule has 5 heteroatoms. The molecule has 0 aliphatic heterocycles. The van der Waals surface area contributed by atoms with Gasteiger partial charge in [-0.3, -0.25) is 0 Å². The number of rotatable bonds is 5. The van der Waals surface area contributed by atoms with Gasteiger partial charge in [0.2, 0.25) is 0 Å². The van der Waals surface area contributed by atoms with Gasteiger partial charge in [0.05, 0.1) is 0 Å². The molecule has 2 amide bonds. The average Bonchev–Trinajstić information content (AvgIpc) is 2.39. The molecular weight excluding hydrogens is 244 g/mol. The monoisotopic (exact) mass is 262 g/mol. The maximum absolute atomic E-state index is 11.8. The van der Waals surface area contributed by atoms with Crippen LogP contribution in [0.25, 0.3) is 0 Å². The first-order valence-electron chi connectivity index (χ1n) is 5.90. The number of benzene rings is 1. The van der Waals surface area contributed by atoms with E-state index in [4.69, 9.17) is 0 Å². The van der Waals surface area contributed by atoms with Crippen LogP contribution in [0.3, 0.4) is 0 Å². The quantitative estimate of drug-likeness (QED) is 0.709. The van der Waals surface area contributed by atoms with Crippen LogP contribution in [0.5, 0.6) is 0 Å². The molecule has 2 atom stereocenters. The largest absolute Gasteiger partial charge is 0.479 e. The van der Waals surface area contributed by atoms with E-state index in [0.717, 1.165) is 0 Å². The second-order valence-electron chi connectivity index (χ2n) is 4.42. The first-order chi connectivity index (χ1) is 8.90. The van der Waals surface area contributed by atoms with Crippen molar-refractivity contribution < 1.29 is 14.7 Å². The van der Waals surface area contributed by atoms with E-state index < -0.39 is 17.5 Å². The molecular formula is C14H18N2O3. The fourth-order valence-corrected chi connectivity index (χ4v) is 1.55. The highest BCUT2D eigenvalue weighted by molar-refractivity contribution is 5.87. The minimum Gasteiger partial charge on any atom is -0.479 e. The number of hydrogen-bond acceptors (Lipinski definition) is 2. The number of urea groups is 1. The van der Waals surface area contributed by atoms with Gasteiger partial charge in [0.25, 0.3) is 0 Å². The van der Waals surface area contributed by atoms with Crippen molar-refractivity contribution in [1.82, 2.24) is 10.6 Å². The fourth-order valence-electron chi connectivity index (χ4n) is 1.55. The first kappa shape index (κ1) is 14.8. The standard InChI is InChI=1S/C14H18N2O3/c1-4-10(2)15-13(19)16-14(3,12(17)18)11-8-6-5-7-9-11/h4-10H,1H2,2-3H3,(H,17,18)(H2,15,16,19). The predicted octanol–water partition coefficient (Wildman–Crippen LogP) is 1.86. The summed E-state index contributed by atoms with van der Waals surface area (Å²) in [6.45, 7) is 6.74. The van der Waals surface area contributed by atoms with Gasteiger partial charge in [-0.05, 0) is 19.4 Å². The van der Waals surface area contributed by atoms with E-state index >= 15 is 0 Å². The topological polar surface area (TPSA) is 78.4 Å². The van der Waals surface area contributed by atoms with Crippen molar-refractivity contribution in [3.8, 4) is 0 Å². The normalized spacial score (nSPS) is 14.8. The lowest BCUT2D eigenvalue weighted by Gasteiger charge is -2.27. The highest BCUT2D eigenvalue weighted by Crippen LogP contribution is 2.20. The zero-order valence-electron chi connectivity index (χ0n) is 11.0. The maximum Gasteiger partial charge on any atom is 0.333 e. The number of nitrogens with one attached hydrogen (secondary N) is 2. The van der Waals surface area contributed by atoms with Crippen LogP contribution in [0.2, 0.25) is 0 Å². The third kappa shape index (κ3) is 3.58. The third-order valence-electron chi connectivity index (χ3n) is 2.85. The second kappa shape index (κ2) is 6.04. The zero-order chi connectivity index (χ0) is 14.5. The smallest absolute Gasteiger partial charge is 0.333 e. The molecule has 0 aromatic heterocycles. The summed E-state index contributed by atoms with van der Waals surface area (Å²) in [5, 5.41) is 14.4. The Kier molecular flexibility index (Phi) is 4.69. The van der Waals surface area contributed by atoms with Crippen LogP contribution in [0.1, 0.15) is 19.4 Å². The van der Waals surface area contributed by atoms with E-state index in [1.54, 1.807) is 43.3 Å². The van der Waals surface area contributed by atoms with Crippen molar-refractivity contribution in [3.63, 3.8) is 0 Å². The van der Waals surface area contributed by atoms with E-state index in [-0.39, 0.29) is 6.04 Å². The van der Waals surface area contributed by atoms with Crippen LogP contribution in [-0.2, 0) is 10.3 Å². The van der Waals surface area contributed by atoms with Gasteiger partial charge in [-0.1, -0.05) is 36.4 Å². The van der Waals surface area contributed by atoms with Gasteiger partial charge in [-0.2, -0.15) is 0 Å². The van der Waals surface area contributed by atoms with Crippen molar-refractivity contribution in [2.24, 2.45) is 0 Å². The van der Waals surface area contributed by atoms with Crippen molar-refractivity contribution in [1.29, 1.82) is 0 Å². The second-order valence-corrected chi connectivity index (χ2v) is 4.42. The number of carbonyl (C=O) groups excluding carboxylic acids is 1. The number of hydrogen-bond donors (Lipinski definition) is 3.